The molecule has 6 heteroatoms. The number of aromatic nitrogens is 3. The highest BCUT2D eigenvalue weighted by Crippen LogP contribution is 2.25. The summed E-state index contributed by atoms with van der Waals surface area (Å²) in [6, 6.07) is 5.39. The molecule has 0 radical (unpaired) electrons. The number of halogens is 1. The van der Waals surface area contributed by atoms with Gasteiger partial charge in [0.25, 0.3) is 0 Å². The van der Waals surface area contributed by atoms with Crippen LogP contribution >= 0.6 is 11.6 Å². The molecule has 5 nitrogen and oxygen atoms in total. The molecule has 0 aromatic carbocycles. The average Bonchev–Trinajstić information content (AvgIpc) is 2.47. The summed E-state index contributed by atoms with van der Waals surface area (Å²) in [5, 5.41) is 4.14. The van der Waals surface area contributed by atoms with Crippen LogP contribution in [0.3, 0.4) is 0 Å². The first kappa shape index (κ1) is 8.83. The van der Waals surface area contributed by atoms with Crippen LogP contribution < -0.4 is 11.5 Å². The molecular weight excluding hydrogens is 202 g/mol. The lowest BCUT2D eigenvalue weighted by Crippen LogP contribution is -2.04. The fourth-order valence-electron chi connectivity index (χ4n) is 1.07. The zero-order chi connectivity index (χ0) is 10.1. The largest absolute Gasteiger partial charge is 0.393 e. The van der Waals surface area contributed by atoms with E-state index in [0.717, 1.165) is 0 Å². The van der Waals surface area contributed by atoms with E-state index in [9.17, 15) is 0 Å². The van der Waals surface area contributed by atoms with E-state index in [0.29, 0.717) is 11.6 Å². The van der Waals surface area contributed by atoms with Gasteiger partial charge in [0.1, 0.15) is 5.69 Å². The lowest BCUT2D eigenvalue weighted by Gasteiger charge is -2.01. The van der Waals surface area contributed by atoms with E-state index in [1.54, 1.807) is 18.3 Å². The second-order valence-electron chi connectivity index (χ2n) is 2.69. The van der Waals surface area contributed by atoms with Gasteiger partial charge in [-0.3, -0.25) is 0 Å². The minimum absolute atomic E-state index is 0.188. The number of rotatable bonds is 1. The van der Waals surface area contributed by atoms with Gasteiger partial charge in [-0.25, -0.2) is 4.98 Å². The van der Waals surface area contributed by atoms with E-state index < -0.39 is 0 Å². The first-order valence-electron chi connectivity index (χ1n) is 3.91. The number of nitrogens with zero attached hydrogens (tertiary/aromatic N) is 3. The molecule has 0 saturated heterocycles. The van der Waals surface area contributed by atoms with Gasteiger partial charge in [-0.2, -0.15) is 9.78 Å². The monoisotopic (exact) mass is 209 g/mol. The number of nitrogens with two attached hydrogens (primary N) is 2. The Hall–Kier alpha value is -1.75. The smallest absolute Gasteiger partial charge is 0.176 e. The molecule has 0 unspecified atom stereocenters. The quantitative estimate of drug-likeness (QED) is 0.737. The summed E-state index contributed by atoms with van der Waals surface area (Å²) < 4.78 is 1.40. The molecule has 0 aliphatic rings. The van der Waals surface area contributed by atoms with Gasteiger partial charge in [0.05, 0.1) is 0 Å². The van der Waals surface area contributed by atoms with Crippen molar-refractivity contribution in [3.8, 4) is 5.82 Å². The maximum atomic E-state index is 5.72. The van der Waals surface area contributed by atoms with E-state index >= 15 is 0 Å². The normalized spacial score (nSPS) is 10.4. The topological polar surface area (TPSA) is 82.8 Å². The van der Waals surface area contributed by atoms with Crippen LogP contribution in [0.1, 0.15) is 0 Å². The van der Waals surface area contributed by atoms with Crippen molar-refractivity contribution in [2.75, 3.05) is 11.5 Å². The molecule has 0 aliphatic heterocycles. The van der Waals surface area contributed by atoms with E-state index in [2.05, 4.69) is 10.1 Å². The number of hydrogen-bond acceptors (Lipinski definition) is 4. The summed E-state index contributed by atoms with van der Waals surface area (Å²) in [5.41, 5.74) is 11.5. The predicted molar refractivity (Wildman–Crippen MR) is 55.2 cm³/mol. The van der Waals surface area contributed by atoms with Gasteiger partial charge in [-0.05, 0) is 12.1 Å². The SMILES string of the molecule is Nc1c(Cl)nn(-c2ccccn2)c1N. The van der Waals surface area contributed by atoms with Crippen LogP contribution in [0.4, 0.5) is 11.5 Å². The fourth-order valence-corrected chi connectivity index (χ4v) is 1.24. The highest BCUT2D eigenvalue weighted by molar-refractivity contribution is 6.32. The van der Waals surface area contributed by atoms with Crippen molar-refractivity contribution in [3.05, 3.63) is 29.5 Å². The van der Waals surface area contributed by atoms with Crippen molar-refractivity contribution in [1.29, 1.82) is 0 Å². The average molecular weight is 210 g/mol. The maximum Gasteiger partial charge on any atom is 0.176 e. The molecule has 0 fully saturated rings. The van der Waals surface area contributed by atoms with Crippen LogP contribution in [0.2, 0.25) is 5.15 Å². The van der Waals surface area contributed by atoms with Crippen LogP contribution in [-0.4, -0.2) is 14.8 Å². The minimum Gasteiger partial charge on any atom is -0.393 e. The predicted octanol–water partition coefficient (Wildman–Crippen LogP) is 1.09. The van der Waals surface area contributed by atoms with Gasteiger partial charge in [0.2, 0.25) is 0 Å². The van der Waals surface area contributed by atoms with Crippen molar-refractivity contribution < 1.29 is 0 Å². The van der Waals surface area contributed by atoms with Gasteiger partial charge < -0.3 is 11.5 Å². The Morgan fingerprint density at radius 2 is 2.07 bits per heavy atom. The fraction of sp³-hybridized carbons (Fsp3) is 0. The van der Waals surface area contributed by atoms with Crippen LogP contribution in [0.5, 0.6) is 0 Å². The maximum absolute atomic E-state index is 5.72. The molecule has 72 valence electrons. The molecular formula is C8H8ClN5. The summed E-state index contributed by atoms with van der Waals surface area (Å²) in [5.74, 6) is 0.886. The van der Waals surface area contributed by atoms with Gasteiger partial charge in [0.15, 0.2) is 16.8 Å². The molecule has 2 rings (SSSR count). The molecule has 14 heavy (non-hydrogen) atoms. The zero-order valence-electron chi connectivity index (χ0n) is 7.18. The highest BCUT2D eigenvalue weighted by Gasteiger charge is 2.12. The van der Waals surface area contributed by atoms with Crippen molar-refractivity contribution in [2.24, 2.45) is 0 Å². The summed E-state index contributed by atoms with van der Waals surface area (Å²) in [4.78, 5) is 4.07. The van der Waals surface area contributed by atoms with Crippen molar-refractivity contribution in [3.63, 3.8) is 0 Å². The van der Waals surface area contributed by atoms with Crippen molar-refractivity contribution in [1.82, 2.24) is 14.8 Å². The standard InChI is InChI=1S/C8H8ClN5/c9-7-6(10)8(11)14(13-7)5-3-1-2-4-12-5/h1-4H,10-11H2. The lowest BCUT2D eigenvalue weighted by atomic mass is 10.4. The van der Waals surface area contributed by atoms with Crippen LogP contribution in [0, 0.1) is 0 Å². The molecule has 0 bridgehead atoms. The Morgan fingerprint density at radius 3 is 2.57 bits per heavy atom. The number of pyridine rings is 1. The Balaban J connectivity index is 2.58. The van der Waals surface area contributed by atoms with Gasteiger partial charge in [-0.15, -0.1) is 0 Å². The second kappa shape index (κ2) is 3.19. The number of nitrogen functional groups attached to an aromatic ring is 2. The first-order chi connectivity index (χ1) is 6.70. The summed E-state index contributed by atoms with van der Waals surface area (Å²) in [7, 11) is 0. The van der Waals surface area contributed by atoms with Gasteiger partial charge >= 0.3 is 0 Å². The Bertz CT molecular complexity index is 450. The molecule has 4 N–H and O–H groups in total. The van der Waals surface area contributed by atoms with E-state index in [1.807, 2.05) is 6.07 Å². The van der Waals surface area contributed by atoms with E-state index in [1.165, 1.54) is 4.68 Å². The molecule has 0 spiro atoms. The molecule has 0 amide bonds. The van der Waals surface area contributed by atoms with Crippen LogP contribution in [0.15, 0.2) is 24.4 Å². The minimum atomic E-state index is 0.188. The zero-order valence-corrected chi connectivity index (χ0v) is 7.94. The first-order valence-corrected chi connectivity index (χ1v) is 4.29. The van der Waals surface area contributed by atoms with Crippen molar-refractivity contribution in [2.45, 2.75) is 0 Å². The van der Waals surface area contributed by atoms with Gasteiger partial charge in [0, 0.05) is 6.20 Å². The Kier molecular flexibility index (Phi) is 2.01. The van der Waals surface area contributed by atoms with Crippen molar-refractivity contribution >= 4 is 23.1 Å². The molecule has 0 aliphatic carbocycles. The number of hydrogen-bond donors (Lipinski definition) is 2. The molecule has 2 aromatic rings. The van der Waals surface area contributed by atoms with Crippen LogP contribution in [-0.2, 0) is 0 Å². The van der Waals surface area contributed by atoms with Crippen LogP contribution in [0.25, 0.3) is 5.82 Å². The Morgan fingerprint density at radius 1 is 1.29 bits per heavy atom. The number of anilines is 2. The van der Waals surface area contributed by atoms with E-state index in [-0.39, 0.29) is 10.8 Å². The lowest BCUT2D eigenvalue weighted by molar-refractivity contribution is 0.857. The van der Waals surface area contributed by atoms with Gasteiger partial charge in [-0.1, -0.05) is 17.7 Å². The highest BCUT2D eigenvalue weighted by atomic mass is 35.5. The summed E-state index contributed by atoms with van der Waals surface area (Å²) >= 11 is 5.72. The summed E-state index contributed by atoms with van der Waals surface area (Å²) in [6.07, 6.45) is 1.64. The molecule has 2 aromatic heterocycles. The van der Waals surface area contributed by atoms with E-state index in [4.69, 9.17) is 23.1 Å². The third-order valence-corrected chi connectivity index (χ3v) is 2.06. The Labute approximate surface area is 85.3 Å². The summed E-state index contributed by atoms with van der Waals surface area (Å²) in [6.45, 7) is 0. The third kappa shape index (κ3) is 1.27. The molecule has 0 saturated carbocycles. The molecule has 2 heterocycles. The molecule has 0 atom stereocenters. The second-order valence-corrected chi connectivity index (χ2v) is 3.05. The third-order valence-electron chi connectivity index (χ3n) is 1.78.